The smallest absolute Gasteiger partial charge is 0.456 e. The van der Waals surface area contributed by atoms with E-state index >= 15 is 0 Å². The summed E-state index contributed by atoms with van der Waals surface area (Å²) >= 11 is 0. The summed E-state index contributed by atoms with van der Waals surface area (Å²) in [4.78, 5) is 0. The predicted molar refractivity (Wildman–Crippen MR) is 410 cm³/mol. The van der Waals surface area contributed by atoms with Gasteiger partial charge < -0.3 is 27.0 Å². The first kappa shape index (κ1) is 57.7. The van der Waals surface area contributed by atoms with Crippen LogP contribution in [0, 0.1) is 6.92 Å². The maximum absolute atomic E-state index is 6.68. The molecule has 1 aliphatic heterocycles. The number of para-hydroxylation sites is 2. The van der Waals surface area contributed by atoms with Gasteiger partial charge in [-0.2, -0.15) is 0 Å². The van der Waals surface area contributed by atoms with Gasteiger partial charge in [-0.15, -0.1) is 0 Å². The molecule has 0 bridgehead atoms. The topological polar surface area (TPSA) is 71.0 Å². The van der Waals surface area contributed by atoms with Crippen molar-refractivity contribution in [3.8, 4) is 33.4 Å². The van der Waals surface area contributed by atoms with E-state index in [1.165, 1.54) is 109 Å². The van der Waals surface area contributed by atoms with Crippen LogP contribution >= 0.6 is 0 Å². The van der Waals surface area contributed by atoms with E-state index in [4.69, 9.17) is 27.0 Å². The van der Waals surface area contributed by atoms with E-state index in [9.17, 15) is 0 Å². The third-order valence-electron chi connectivity index (χ3n) is 20.9. The maximum Gasteiger partial charge on any atom is 0.496 e. The normalized spacial score (nSPS) is 13.8. The van der Waals surface area contributed by atoms with Crippen LogP contribution in [-0.2, 0) is 9.31 Å². The SMILES string of the molecule is CC1(C)OB(c2c3ccccc3c(-c3ccccc3)c3ccccc23)OC1(C)C.Cc1cc2oc3cc4oc5ccccc5c4cc3c2c2ccccc12.c1ccc(-c2c3ccccc3c(-c3cc4oc5cc6oc7ccccc7c6cc5c4c4ccccc34)c3ccccc23)cc1. The molecule has 0 radical (unpaired) electrons. The fourth-order valence-electron chi connectivity index (χ4n) is 15.7. The van der Waals surface area contributed by atoms with Crippen LogP contribution in [0.2, 0.25) is 0 Å². The molecule has 0 amide bonds. The van der Waals surface area contributed by atoms with E-state index < -0.39 is 7.12 Å². The molecule has 7 heteroatoms. The number of aryl methyl sites for hydroxylation is 1. The van der Waals surface area contributed by atoms with Crippen molar-refractivity contribution in [2.24, 2.45) is 0 Å². The molecule has 1 fully saturated rings. The summed E-state index contributed by atoms with van der Waals surface area (Å²) in [6, 6.07) is 103. The molecule has 1 saturated heterocycles. The summed E-state index contributed by atoms with van der Waals surface area (Å²) in [5, 5.41) is 23.8. The van der Waals surface area contributed by atoms with E-state index in [-0.39, 0.29) is 11.2 Å². The van der Waals surface area contributed by atoms with Crippen molar-refractivity contribution >= 4 is 165 Å². The Morgan fingerprint density at radius 1 is 0.235 bits per heavy atom. The first-order chi connectivity index (χ1) is 48.0. The average molecular weight is 1260 g/mol. The van der Waals surface area contributed by atoms with E-state index in [0.29, 0.717) is 0 Å². The Kier molecular flexibility index (Phi) is 13.0. The third-order valence-corrected chi connectivity index (χ3v) is 20.9. The monoisotopic (exact) mass is 1260 g/mol. The first-order valence-electron chi connectivity index (χ1n) is 33.7. The Labute approximate surface area is 564 Å². The Bertz CT molecular complexity index is 6520. The fraction of sp³-hybridized carbons (Fsp3) is 0.0769. The van der Waals surface area contributed by atoms with Gasteiger partial charge in [0.05, 0.1) is 11.2 Å². The maximum atomic E-state index is 6.68. The molecule has 16 aromatic carbocycles. The minimum atomic E-state index is -0.403. The van der Waals surface area contributed by atoms with Gasteiger partial charge in [0.2, 0.25) is 0 Å². The zero-order valence-electron chi connectivity index (χ0n) is 54.7. The van der Waals surface area contributed by atoms with Gasteiger partial charge in [-0.25, -0.2) is 0 Å². The van der Waals surface area contributed by atoms with Crippen molar-refractivity contribution in [2.75, 3.05) is 0 Å². The lowest BCUT2D eigenvalue weighted by molar-refractivity contribution is 0.00578. The number of fused-ring (bicyclic) bond motifs is 20. The zero-order valence-corrected chi connectivity index (χ0v) is 54.7. The molecule has 5 heterocycles. The van der Waals surface area contributed by atoms with E-state index in [1.807, 2.05) is 36.4 Å². The van der Waals surface area contributed by atoms with Crippen LogP contribution in [0.4, 0.5) is 0 Å². The van der Waals surface area contributed by atoms with Gasteiger partial charge in [0, 0.05) is 55.2 Å². The Morgan fingerprint density at radius 3 is 1.00 bits per heavy atom. The summed E-state index contributed by atoms with van der Waals surface area (Å²) in [5.41, 5.74) is 16.0. The quantitative estimate of drug-likeness (QED) is 0.129. The molecule has 0 aliphatic carbocycles. The minimum Gasteiger partial charge on any atom is -0.456 e. The second-order valence-corrected chi connectivity index (χ2v) is 27.1. The molecule has 0 saturated carbocycles. The molecule has 98 heavy (non-hydrogen) atoms. The van der Waals surface area contributed by atoms with Crippen LogP contribution in [0.25, 0.3) is 186 Å². The van der Waals surface area contributed by atoms with Crippen molar-refractivity contribution in [1.82, 2.24) is 0 Å². The number of benzene rings is 16. The molecule has 0 spiro atoms. The summed E-state index contributed by atoms with van der Waals surface area (Å²) in [6.45, 7) is 10.6. The third kappa shape index (κ3) is 8.97. The first-order valence-corrected chi connectivity index (χ1v) is 33.7. The highest BCUT2D eigenvalue weighted by atomic mass is 16.7. The molecule has 6 nitrogen and oxygen atoms in total. The van der Waals surface area contributed by atoms with Crippen LogP contribution in [-0.4, -0.2) is 18.3 Å². The number of furan rings is 4. The van der Waals surface area contributed by atoms with Crippen molar-refractivity contribution in [2.45, 2.75) is 45.8 Å². The summed E-state index contributed by atoms with van der Waals surface area (Å²) in [7, 11) is -0.403. The van der Waals surface area contributed by atoms with E-state index in [0.717, 1.165) is 87.8 Å². The molecular formula is C91H63BO6. The lowest BCUT2D eigenvalue weighted by Gasteiger charge is -2.32. The number of hydrogen-bond acceptors (Lipinski definition) is 6. The molecular weight excluding hydrogens is 1200 g/mol. The van der Waals surface area contributed by atoms with Crippen LogP contribution in [0.3, 0.4) is 0 Å². The van der Waals surface area contributed by atoms with Gasteiger partial charge >= 0.3 is 7.12 Å². The largest absolute Gasteiger partial charge is 0.496 e. The highest BCUT2D eigenvalue weighted by Crippen LogP contribution is 2.50. The van der Waals surface area contributed by atoms with Crippen molar-refractivity contribution in [1.29, 1.82) is 0 Å². The van der Waals surface area contributed by atoms with Gasteiger partial charge in [-0.05, 0) is 180 Å². The number of rotatable bonds is 4. The Morgan fingerprint density at radius 2 is 0.551 bits per heavy atom. The molecule has 1 aliphatic rings. The lowest BCUT2D eigenvalue weighted by atomic mass is 9.71. The summed E-state index contributed by atoms with van der Waals surface area (Å²) in [6.07, 6.45) is 0. The summed E-state index contributed by atoms with van der Waals surface area (Å²) in [5.74, 6) is 0. The van der Waals surface area contributed by atoms with Crippen LogP contribution in [0.15, 0.2) is 309 Å². The molecule has 20 aromatic rings. The molecule has 466 valence electrons. The second kappa shape index (κ2) is 22.2. The highest BCUT2D eigenvalue weighted by molar-refractivity contribution is 6.69. The number of hydrogen-bond donors (Lipinski definition) is 0. The molecule has 0 N–H and O–H groups in total. The van der Waals surface area contributed by atoms with Gasteiger partial charge in [-0.1, -0.05) is 243 Å². The molecule has 0 atom stereocenters. The zero-order chi connectivity index (χ0) is 65.5. The Balaban J connectivity index is 0.000000109. The second-order valence-electron chi connectivity index (χ2n) is 27.1. The summed E-state index contributed by atoms with van der Waals surface area (Å²) < 4.78 is 38.1. The average Bonchev–Trinajstić information content (AvgIpc) is 0.998. The van der Waals surface area contributed by atoms with Crippen LogP contribution in [0.5, 0.6) is 0 Å². The molecule has 0 unspecified atom stereocenters. The van der Waals surface area contributed by atoms with E-state index in [2.05, 4.69) is 289 Å². The highest BCUT2D eigenvalue weighted by Gasteiger charge is 2.52. The van der Waals surface area contributed by atoms with Gasteiger partial charge in [0.1, 0.15) is 44.7 Å². The minimum absolute atomic E-state index is 0.377. The fourth-order valence-corrected chi connectivity index (χ4v) is 15.7. The van der Waals surface area contributed by atoms with Gasteiger partial charge in [-0.3, -0.25) is 0 Å². The van der Waals surface area contributed by atoms with Gasteiger partial charge in [0.25, 0.3) is 0 Å². The Hall–Kier alpha value is -11.7. The van der Waals surface area contributed by atoms with Crippen molar-refractivity contribution in [3.05, 3.63) is 297 Å². The standard InChI is InChI=1S/C42H24O2.C26H25BO2.C23H14O2/c1-2-12-25(13-3-1)40-29-17-6-8-19-31(29)41(32-20-9-7-18-30(32)40)34-23-39-42(28-16-5-4-14-26(28)34)35-22-33-27-15-10-11-21-36(27)43-37(33)24-38(35)44-39;1-25(2)26(3,4)29-27(28-25)24-21-16-10-8-14-19(21)23(18-12-6-5-7-13-18)20-15-9-11-17-22(20)24;1-13-10-22-23(16-8-3-2-6-14(13)16)18-11-17-15-7-4-5-9-19(15)24-20(17)12-21(18)25-22/h1-24H;5-17H,1-4H3;2-12H,1H3. The van der Waals surface area contributed by atoms with E-state index in [1.54, 1.807) is 0 Å². The molecule has 4 aromatic heterocycles. The van der Waals surface area contributed by atoms with Crippen LogP contribution in [0.1, 0.15) is 33.3 Å². The van der Waals surface area contributed by atoms with Crippen LogP contribution < -0.4 is 5.46 Å². The van der Waals surface area contributed by atoms with Crippen molar-refractivity contribution < 1.29 is 27.0 Å². The van der Waals surface area contributed by atoms with Gasteiger partial charge in [0.15, 0.2) is 0 Å². The predicted octanol–water partition coefficient (Wildman–Crippen LogP) is 25.2. The van der Waals surface area contributed by atoms with Crippen molar-refractivity contribution in [3.63, 3.8) is 0 Å². The lowest BCUT2D eigenvalue weighted by Crippen LogP contribution is -2.41. The molecule has 21 rings (SSSR count).